The van der Waals surface area contributed by atoms with E-state index in [0.29, 0.717) is 0 Å². The van der Waals surface area contributed by atoms with Gasteiger partial charge in [-0.25, -0.2) is 18.2 Å². The molecule has 4 bridgehead atoms. The smallest absolute Gasteiger partial charge is 0.232 e. The molecule has 1 aromatic rings. The summed E-state index contributed by atoms with van der Waals surface area (Å²) < 4.78 is 27.1. The fraction of sp³-hybridized carbons (Fsp3) is 0.700. The second kappa shape index (κ2) is 7.34. The van der Waals surface area contributed by atoms with E-state index in [9.17, 15) is 8.42 Å². The second-order valence-corrected chi connectivity index (χ2v) is 10.5. The Morgan fingerprint density at radius 1 is 0.821 bits per heavy atom. The van der Waals surface area contributed by atoms with Crippen molar-refractivity contribution in [3.05, 3.63) is 30.3 Å². The van der Waals surface area contributed by atoms with E-state index >= 15 is 0 Å². The summed E-state index contributed by atoms with van der Waals surface area (Å²) >= 11 is 0. The van der Waals surface area contributed by atoms with Crippen LogP contribution in [-0.4, -0.2) is 44.8 Å². The zero-order chi connectivity index (χ0) is 19.2. The summed E-state index contributed by atoms with van der Waals surface area (Å²) in [5.41, 5.74) is 0. The summed E-state index contributed by atoms with van der Waals surface area (Å²) in [5, 5.41) is 0. The van der Waals surface area contributed by atoms with Gasteiger partial charge in [0.25, 0.3) is 0 Å². The predicted molar refractivity (Wildman–Crippen MR) is 99.1 cm³/mol. The molecule has 0 unspecified atom stereocenters. The molecule has 1 aromatic carbocycles. The molecule has 28 heavy (non-hydrogen) atoms. The van der Waals surface area contributed by atoms with Crippen molar-refractivity contribution in [1.82, 2.24) is 4.31 Å². The lowest BCUT2D eigenvalue weighted by Crippen LogP contribution is -2.60. The highest BCUT2D eigenvalue weighted by molar-refractivity contribution is 7.89. The van der Waals surface area contributed by atoms with Gasteiger partial charge in [0.1, 0.15) is 0 Å². The molecule has 6 rings (SSSR count). The van der Waals surface area contributed by atoms with Crippen molar-refractivity contribution in [3.8, 4) is 0 Å². The van der Waals surface area contributed by atoms with Crippen molar-refractivity contribution >= 4 is 10.0 Å². The van der Waals surface area contributed by atoms with Crippen molar-refractivity contribution in [3.63, 3.8) is 0 Å². The fourth-order valence-electron chi connectivity index (χ4n) is 5.77. The van der Waals surface area contributed by atoms with Crippen LogP contribution in [0.3, 0.4) is 0 Å². The maximum atomic E-state index is 12.9. The van der Waals surface area contributed by atoms with E-state index < -0.39 is 15.8 Å². The quantitative estimate of drug-likeness (QED) is 0.700. The summed E-state index contributed by atoms with van der Waals surface area (Å²) in [6.07, 6.45) is 5.70. The third-order valence-corrected chi connectivity index (χ3v) is 8.80. The van der Waals surface area contributed by atoms with Crippen LogP contribution in [0, 0.1) is 23.7 Å². The Kier molecular flexibility index (Phi) is 4.97. The van der Waals surface area contributed by atoms with Crippen molar-refractivity contribution in [2.75, 3.05) is 26.3 Å². The predicted octanol–water partition coefficient (Wildman–Crippen LogP) is 2.74. The first-order chi connectivity index (χ1) is 13.6. The third kappa shape index (κ3) is 3.20. The molecule has 0 aromatic heterocycles. The highest BCUT2D eigenvalue weighted by Gasteiger charge is 2.61. The van der Waals surface area contributed by atoms with Crippen LogP contribution in [0.4, 0.5) is 0 Å². The summed E-state index contributed by atoms with van der Waals surface area (Å²) in [6.45, 7) is 0.724. The number of nitrogens with zero attached hydrogens (tertiary/aromatic N) is 1. The Hall–Kier alpha value is -1.03. The lowest BCUT2D eigenvalue weighted by Gasteiger charge is -2.58. The molecule has 0 N–H and O–H groups in total. The molecule has 4 aliphatic carbocycles. The summed E-state index contributed by atoms with van der Waals surface area (Å²) in [7, 11) is -3.62. The SMILES string of the molecule is O=S(=O)(c1ccccc1)N1CCOOC2(OOCC1)C1CC3CC(C1)CC2C3. The topological polar surface area (TPSA) is 74.3 Å². The van der Waals surface area contributed by atoms with E-state index in [4.69, 9.17) is 19.6 Å². The van der Waals surface area contributed by atoms with Crippen LogP contribution < -0.4 is 0 Å². The van der Waals surface area contributed by atoms with Gasteiger partial charge in [-0.2, -0.15) is 14.1 Å². The van der Waals surface area contributed by atoms with E-state index in [2.05, 4.69) is 0 Å². The molecule has 5 fully saturated rings. The van der Waals surface area contributed by atoms with Crippen molar-refractivity contribution in [1.29, 1.82) is 0 Å². The minimum atomic E-state index is -3.62. The molecule has 0 radical (unpaired) electrons. The normalized spacial score (nSPS) is 35.9. The molecule has 8 heteroatoms. The van der Waals surface area contributed by atoms with E-state index in [1.807, 2.05) is 0 Å². The molecule has 4 saturated carbocycles. The van der Waals surface area contributed by atoms with Crippen LogP contribution in [0.5, 0.6) is 0 Å². The van der Waals surface area contributed by atoms with Crippen LogP contribution in [0.1, 0.15) is 32.1 Å². The van der Waals surface area contributed by atoms with Crippen LogP contribution in [0.2, 0.25) is 0 Å². The Morgan fingerprint density at radius 2 is 1.36 bits per heavy atom. The maximum Gasteiger partial charge on any atom is 0.243 e. The monoisotopic (exact) mass is 409 g/mol. The minimum Gasteiger partial charge on any atom is -0.232 e. The van der Waals surface area contributed by atoms with E-state index in [0.717, 1.165) is 37.5 Å². The van der Waals surface area contributed by atoms with E-state index in [1.165, 1.54) is 10.7 Å². The number of benzene rings is 1. The van der Waals surface area contributed by atoms with Gasteiger partial charge in [0.15, 0.2) is 0 Å². The molecule has 1 heterocycles. The highest BCUT2D eigenvalue weighted by Crippen LogP contribution is 2.60. The molecular weight excluding hydrogens is 382 g/mol. The first kappa shape index (κ1) is 19.0. The van der Waals surface area contributed by atoms with Crippen LogP contribution in [0.15, 0.2) is 35.2 Å². The van der Waals surface area contributed by atoms with Gasteiger partial charge in [0.2, 0.25) is 15.8 Å². The maximum absolute atomic E-state index is 12.9. The van der Waals surface area contributed by atoms with E-state index in [-0.39, 0.29) is 43.0 Å². The van der Waals surface area contributed by atoms with Gasteiger partial charge in [0.05, 0.1) is 18.1 Å². The molecule has 1 aliphatic heterocycles. The van der Waals surface area contributed by atoms with Gasteiger partial charge in [-0.05, 0) is 56.1 Å². The Bertz CT molecular complexity index is 756. The van der Waals surface area contributed by atoms with Gasteiger partial charge >= 0.3 is 0 Å². The molecule has 1 spiro atoms. The molecule has 0 amide bonds. The highest BCUT2D eigenvalue weighted by atomic mass is 32.2. The molecule has 154 valence electrons. The first-order valence-corrected chi connectivity index (χ1v) is 11.7. The van der Waals surface area contributed by atoms with Crippen molar-refractivity contribution in [2.24, 2.45) is 23.7 Å². The van der Waals surface area contributed by atoms with Gasteiger partial charge in [0, 0.05) is 24.9 Å². The Morgan fingerprint density at radius 3 is 1.89 bits per heavy atom. The van der Waals surface area contributed by atoms with Crippen LogP contribution in [0.25, 0.3) is 0 Å². The zero-order valence-corrected chi connectivity index (χ0v) is 16.7. The number of sulfonamides is 1. The Labute approximate surface area is 165 Å². The molecular formula is C20H27NO6S. The minimum absolute atomic E-state index is 0.156. The molecule has 7 nitrogen and oxygen atoms in total. The average molecular weight is 410 g/mol. The number of rotatable bonds is 2. The number of hydrogen-bond acceptors (Lipinski definition) is 6. The summed E-state index contributed by atoms with van der Waals surface area (Å²) in [6, 6.07) is 8.39. The standard InChI is InChI=1S/C20H27NO6S/c22-28(23,19-4-2-1-3-5-19)21-6-8-24-26-20(27-25-9-7-21)17-11-15-10-16(13-17)14-18(20)12-15/h1-5,15-18H,6-14H2. The lowest BCUT2D eigenvalue weighted by molar-refractivity contribution is -0.551. The third-order valence-electron chi connectivity index (χ3n) is 6.88. The largest absolute Gasteiger partial charge is 0.243 e. The lowest BCUT2D eigenvalue weighted by atomic mass is 9.53. The van der Waals surface area contributed by atoms with Crippen molar-refractivity contribution < 1.29 is 28.0 Å². The van der Waals surface area contributed by atoms with Crippen LogP contribution >= 0.6 is 0 Å². The van der Waals surface area contributed by atoms with Gasteiger partial charge in [-0.15, -0.1) is 0 Å². The average Bonchev–Trinajstić information content (AvgIpc) is 2.70. The fourth-order valence-corrected chi connectivity index (χ4v) is 7.20. The number of hydrogen-bond donors (Lipinski definition) is 0. The first-order valence-electron chi connectivity index (χ1n) is 10.2. The Balaban J connectivity index is 1.29. The van der Waals surface area contributed by atoms with Crippen LogP contribution in [-0.2, 0) is 29.6 Å². The van der Waals surface area contributed by atoms with E-state index in [1.54, 1.807) is 30.3 Å². The molecule has 5 aliphatic rings. The molecule has 1 saturated heterocycles. The summed E-state index contributed by atoms with van der Waals surface area (Å²) in [4.78, 5) is 23.1. The van der Waals surface area contributed by atoms with Gasteiger partial charge in [-0.3, -0.25) is 0 Å². The van der Waals surface area contributed by atoms with Gasteiger partial charge in [-0.1, -0.05) is 18.2 Å². The van der Waals surface area contributed by atoms with Crippen molar-refractivity contribution in [2.45, 2.75) is 42.8 Å². The zero-order valence-electron chi connectivity index (χ0n) is 15.9. The second-order valence-electron chi connectivity index (χ2n) is 8.55. The molecule has 0 atom stereocenters. The van der Waals surface area contributed by atoms with Gasteiger partial charge < -0.3 is 0 Å². The summed E-state index contributed by atoms with van der Waals surface area (Å²) in [5.74, 6) is 1.26.